The zero-order valence-corrected chi connectivity index (χ0v) is 11.8. The van der Waals surface area contributed by atoms with Gasteiger partial charge in [0.05, 0.1) is 5.56 Å². The van der Waals surface area contributed by atoms with Crippen LogP contribution < -0.4 is 11.1 Å². The van der Waals surface area contributed by atoms with Gasteiger partial charge in [0, 0.05) is 19.0 Å². The Morgan fingerprint density at radius 3 is 2.80 bits per heavy atom. The zero-order valence-electron chi connectivity index (χ0n) is 11.8. The summed E-state index contributed by atoms with van der Waals surface area (Å²) >= 11 is 0. The van der Waals surface area contributed by atoms with E-state index < -0.39 is 5.97 Å². The van der Waals surface area contributed by atoms with Gasteiger partial charge in [-0.05, 0) is 30.5 Å². The summed E-state index contributed by atoms with van der Waals surface area (Å²) in [6, 6.07) is 6.64. The SMILES string of the molecule is CCCC(N)CC(=O)NCCc1cccc(C(=O)O)c1. The Hall–Kier alpha value is -1.88. The number of hydrogen-bond donors (Lipinski definition) is 3. The molecule has 4 N–H and O–H groups in total. The Bertz CT molecular complexity index is 460. The van der Waals surface area contributed by atoms with E-state index in [0.717, 1.165) is 18.4 Å². The van der Waals surface area contributed by atoms with Crippen molar-refractivity contribution in [2.45, 2.75) is 38.6 Å². The smallest absolute Gasteiger partial charge is 0.335 e. The molecule has 20 heavy (non-hydrogen) atoms. The number of carboxylic acids is 1. The highest BCUT2D eigenvalue weighted by atomic mass is 16.4. The Morgan fingerprint density at radius 1 is 1.40 bits per heavy atom. The Kier molecular flexibility index (Phi) is 6.73. The molecule has 110 valence electrons. The van der Waals surface area contributed by atoms with Crippen LogP contribution in [0.5, 0.6) is 0 Å². The number of hydrogen-bond acceptors (Lipinski definition) is 3. The van der Waals surface area contributed by atoms with Crippen molar-refractivity contribution in [1.29, 1.82) is 0 Å². The molecule has 0 saturated heterocycles. The van der Waals surface area contributed by atoms with Crippen LogP contribution in [-0.4, -0.2) is 29.6 Å². The van der Waals surface area contributed by atoms with Gasteiger partial charge >= 0.3 is 5.97 Å². The Balaban J connectivity index is 2.35. The van der Waals surface area contributed by atoms with E-state index in [4.69, 9.17) is 10.8 Å². The van der Waals surface area contributed by atoms with E-state index in [9.17, 15) is 9.59 Å². The van der Waals surface area contributed by atoms with Gasteiger partial charge in [-0.25, -0.2) is 4.79 Å². The third-order valence-electron chi connectivity index (χ3n) is 3.02. The molecule has 1 amide bonds. The summed E-state index contributed by atoms with van der Waals surface area (Å²) in [7, 11) is 0. The van der Waals surface area contributed by atoms with Crippen LogP contribution in [0.15, 0.2) is 24.3 Å². The van der Waals surface area contributed by atoms with Gasteiger partial charge in [0.25, 0.3) is 0 Å². The molecule has 0 spiro atoms. The lowest BCUT2D eigenvalue weighted by atomic mass is 10.1. The van der Waals surface area contributed by atoms with Crippen molar-refractivity contribution in [2.75, 3.05) is 6.54 Å². The van der Waals surface area contributed by atoms with Crippen molar-refractivity contribution in [2.24, 2.45) is 5.73 Å². The number of carbonyl (C=O) groups excluding carboxylic acids is 1. The van der Waals surface area contributed by atoms with E-state index in [-0.39, 0.29) is 17.5 Å². The van der Waals surface area contributed by atoms with E-state index in [1.807, 2.05) is 13.0 Å². The number of nitrogens with one attached hydrogen (secondary N) is 1. The predicted molar refractivity (Wildman–Crippen MR) is 77.6 cm³/mol. The second kappa shape index (κ2) is 8.32. The van der Waals surface area contributed by atoms with Crippen LogP contribution in [0.25, 0.3) is 0 Å². The number of nitrogens with two attached hydrogens (primary N) is 1. The van der Waals surface area contributed by atoms with Crippen molar-refractivity contribution in [3.05, 3.63) is 35.4 Å². The van der Waals surface area contributed by atoms with Gasteiger partial charge in [-0.3, -0.25) is 4.79 Å². The molecule has 0 radical (unpaired) electrons. The summed E-state index contributed by atoms with van der Waals surface area (Å²) in [5.41, 5.74) is 6.95. The first-order valence-corrected chi connectivity index (χ1v) is 6.87. The molecule has 0 bridgehead atoms. The highest BCUT2D eigenvalue weighted by Crippen LogP contribution is 2.06. The molecule has 1 rings (SSSR count). The first-order chi connectivity index (χ1) is 9.52. The normalized spacial score (nSPS) is 11.9. The minimum absolute atomic E-state index is 0.0552. The van der Waals surface area contributed by atoms with E-state index >= 15 is 0 Å². The molecule has 5 nitrogen and oxygen atoms in total. The van der Waals surface area contributed by atoms with Gasteiger partial charge in [-0.15, -0.1) is 0 Å². The lowest BCUT2D eigenvalue weighted by Gasteiger charge is -2.10. The molecule has 0 fully saturated rings. The summed E-state index contributed by atoms with van der Waals surface area (Å²) in [5, 5.41) is 11.7. The maximum Gasteiger partial charge on any atom is 0.335 e. The number of amides is 1. The fourth-order valence-corrected chi connectivity index (χ4v) is 1.99. The van der Waals surface area contributed by atoms with Crippen molar-refractivity contribution in [1.82, 2.24) is 5.32 Å². The molecule has 1 unspecified atom stereocenters. The average molecular weight is 278 g/mol. The molecule has 0 heterocycles. The molecule has 0 aliphatic carbocycles. The molecule has 5 heteroatoms. The maximum atomic E-state index is 11.6. The van der Waals surface area contributed by atoms with Crippen LogP contribution in [0, 0.1) is 0 Å². The van der Waals surface area contributed by atoms with E-state index in [1.165, 1.54) is 0 Å². The topological polar surface area (TPSA) is 92.4 Å². The van der Waals surface area contributed by atoms with Gasteiger partial charge in [-0.1, -0.05) is 25.5 Å². The van der Waals surface area contributed by atoms with E-state index in [0.29, 0.717) is 19.4 Å². The van der Waals surface area contributed by atoms with Crippen molar-refractivity contribution in [3.63, 3.8) is 0 Å². The van der Waals surface area contributed by atoms with Crippen LogP contribution in [0.3, 0.4) is 0 Å². The van der Waals surface area contributed by atoms with Gasteiger partial charge in [0.1, 0.15) is 0 Å². The van der Waals surface area contributed by atoms with E-state index in [1.54, 1.807) is 18.2 Å². The molecular weight excluding hydrogens is 256 g/mol. The van der Waals surface area contributed by atoms with E-state index in [2.05, 4.69) is 5.32 Å². The largest absolute Gasteiger partial charge is 0.478 e. The minimum Gasteiger partial charge on any atom is -0.478 e. The highest BCUT2D eigenvalue weighted by Gasteiger charge is 2.08. The first-order valence-electron chi connectivity index (χ1n) is 6.87. The van der Waals surface area contributed by atoms with Crippen molar-refractivity contribution >= 4 is 11.9 Å². The quantitative estimate of drug-likeness (QED) is 0.673. The molecule has 1 atom stereocenters. The second-order valence-electron chi connectivity index (χ2n) is 4.86. The molecule has 1 aromatic carbocycles. The lowest BCUT2D eigenvalue weighted by Crippen LogP contribution is -2.32. The minimum atomic E-state index is -0.943. The van der Waals surface area contributed by atoms with Crippen LogP contribution in [0.1, 0.15) is 42.1 Å². The number of benzene rings is 1. The van der Waals surface area contributed by atoms with Gasteiger partial charge in [-0.2, -0.15) is 0 Å². The summed E-state index contributed by atoms with van der Waals surface area (Å²) in [6.45, 7) is 2.52. The van der Waals surface area contributed by atoms with Crippen LogP contribution >= 0.6 is 0 Å². The summed E-state index contributed by atoms with van der Waals surface area (Å²) in [6.07, 6.45) is 2.75. The average Bonchev–Trinajstić information content (AvgIpc) is 2.39. The lowest BCUT2D eigenvalue weighted by molar-refractivity contribution is -0.121. The maximum absolute atomic E-state index is 11.6. The van der Waals surface area contributed by atoms with Crippen LogP contribution in [0.2, 0.25) is 0 Å². The Labute approximate surface area is 119 Å². The third-order valence-corrected chi connectivity index (χ3v) is 3.02. The van der Waals surface area contributed by atoms with Gasteiger partial charge in [0.2, 0.25) is 5.91 Å². The van der Waals surface area contributed by atoms with Gasteiger partial charge in [0.15, 0.2) is 0 Å². The molecule has 0 aliphatic heterocycles. The van der Waals surface area contributed by atoms with Gasteiger partial charge < -0.3 is 16.2 Å². The number of aromatic carboxylic acids is 1. The number of carboxylic acid groups (broad SMARTS) is 1. The standard InChI is InChI=1S/C15H22N2O3/c1-2-4-13(16)10-14(18)17-8-7-11-5-3-6-12(9-11)15(19)20/h3,5-6,9,13H,2,4,7-8,10,16H2,1H3,(H,17,18)(H,19,20). The summed E-state index contributed by atoms with van der Waals surface area (Å²) in [5.74, 6) is -0.998. The second-order valence-corrected chi connectivity index (χ2v) is 4.86. The molecular formula is C15H22N2O3. The van der Waals surface area contributed by atoms with Crippen molar-refractivity contribution < 1.29 is 14.7 Å². The molecule has 1 aromatic rings. The highest BCUT2D eigenvalue weighted by molar-refractivity contribution is 5.87. The fraction of sp³-hybridized carbons (Fsp3) is 0.467. The van der Waals surface area contributed by atoms with Crippen LogP contribution in [0.4, 0.5) is 0 Å². The van der Waals surface area contributed by atoms with Crippen molar-refractivity contribution in [3.8, 4) is 0 Å². The Morgan fingerprint density at radius 2 is 2.15 bits per heavy atom. The first kappa shape index (κ1) is 16.2. The molecule has 0 aliphatic rings. The predicted octanol–water partition coefficient (Wildman–Crippen LogP) is 1.56. The van der Waals surface area contributed by atoms with Crippen LogP contribution in [-0.2, 0) is 11.2 Å². The summed E-state index contributed by atoms with van der Waals surface area (Å²) in [4.78, 5) is 22.4. The molecule has 0 saturated carbocycles. The summed E-state index contributed by atoms with van der Waals surface area (Å²) < 4.78 is 0. The fourth-order valence-electron chi connectivity index (χ4n) is 1.99. The zero-order chi connectivity index (χ0) is 15.0. The number of rotatable bonds is 8. The monoisotopic (exact) mass is 278 g/mol. The third kappa shape index (κ3) is 5.84. The molecule has 0 aromatic heterocycles. The number of carbonyl (C=O) groups is 2.